The fourth-order valence-corrected chi connectivity index (χ4v) is 6.13. The van der Waals surface area contributed by atoms with E-state index in [9.17, 15) is 30.8 Å². The molecule has 7 nitrogen and oxygen atoms in total. The molecule has 1 N–H and O–H groups in total. The molecule has 1 amide bonds. The average Bonchev–Trinajstić information content (AvgIpc) is 3.28. The summed E-state index contributed by atoms with van der Waals surface area (Å²) in [6.07, 6.45) is -4.26. The normalized spacial score (nSPS) is 12.5. The standard InChI is InChI=1S/C30H29ClF4N2O5S2/c1-16(2)41-22-11-19(12-23(14-22)42-30(33,34)35)29(3,4)18-9-20(31)13-21(10-18)36-28(38)27-8-17-7-25(37(5)44(6,39)40)24(32)15-26(17)43-27/h7-16H,1-6H3,(H,36,38). The topological polar surface area (TPSA) is 84.9 Å². The molecule has 1 heterocycles. The van der Waals surface area contributed by atoms with Crippen molar-refractivity contribution in [1.82, 2.24) is 0 Å². The number of alkyl halides is 3. The maximum atomic E-state index is 14.7. The minimum absolute atomic E-state index is 0.155. The second-order valence-electron chi connectivity index (χ2n) is 10.9. The molecule has 0 atom stereocenters. The van der Waals surface area contributed by atoms with Gasteiger partial charge in [-0.3, -0.25) is 9.10 Å². The number of thiophene rings is 1. The SMILES string of the molecule is CC(C)Oc1cc(OC(F)(F)F)cc(C(C)(C)c2cc(Cl)cc(NC(=O)c3cc4cc(N(C)S(C)(=O)=O)c(F)cc4s3)c2)c1. The van der Waals surface area contributed by atoms with Crippen molar-refractivity contribution in [3.05, 3.63) is 81.4 Å². The van der Waals surface area contributed by atoms with Gasteiger partial charge in [0.15, 0.2) is 0 Å². The lowest BCUT2D eigenvalue weighted by molar-refractivity contribution is -0.274. The number of ether oxygens (including phenoxy) is 2. The van der Waals surface area contributed by atoms with Crippen molar-refractivity contribution in [3.8, 4) is 11.5 Å². The first-order valence-corrected chi connectivity index (χ1v) is 16.1. The van der Waals surface area contributed by atoms with Gasteiger partial charge in [0.1, 0.15) is 17.3 Å². The van der Waals surface area contributed by atoms with Crippen LogP contribution in [0.1, 0.15) is 48.5 Å². The Labute approximate surface area is 261 Å². The molecule has 0 aliphatic rings. The van der Waals surface area contributed by atoms with Crippen molar-refractivity contribution in [1.29, 1.82) is 0 Å². The number of halogens is 5. The summed E-state index contributed by atoms with van der Waals surface area (Å²) >= 11 is 7.43. The van der Waals surface area contributed by atoms with Crippen molar-refractivity contribution in [2.45, 2.75) is 45.6 Å². The molecule has 14 heteroatoms. The third-order valence-electron chi connectivity index (χ3n) is 6.73. The number of rotatable bonds is 9. The van der Waals surface area contributed by atoms with Gasteiger partial charge in [0.05, 0.1) is 22.9 Å². The second kappa shape index (κ2) is 12.1. The van der Waals surface area contributed by atoms with Crippen molar-refractivity contribution >= 4 is 60.3 Å². The van der Waals surface area contributed by atoms with Crippen LogP contribution in [-0.2, 0) is 15.4 Å². The van der Waals surface area contributed by atoms with Gasteiger partial charge in [-0.1, -0.05) is 25.4 Å². The number of hydrogen-bond donors (Lipinski definition) is 1. The number of sulfonamides is 1. The molecule has 1 aromatic heterocycles. The zero-order valence-corrected chi connectivity index (χ0v) is 26.9. The first-order chi connectivity index (χ1) is 20.2. The second-order valence-corrected chi connectivity index (χ2v) is 14.4. The van der Waals surface area contributed by atoms with E-state index in [1.807, 2.05) is 0 Å². The van der Waals surface area contributed by atoms with Crippen LogP contribution in [0.4, 0.5) is 28.9 Å². The number of amides is 1. The highest BCUT2D eigenvalue weighted by Gasteiger charge is 2.33. The zero-order valence-electron chi connectivity index (χ0n) is 24.5. The van der Waals surface area contributed by atoms with Crippen molar-refractivity contribution in [2.75, 3.05) is 22.9 Å². The van der Waals surface area contributed by atoms with Gasteiger partial charge in [-0.25, -0.2) is 12.8 Å². The Bertz CT molecular complexity index is 1840. The van der Waals surface area contributed by atoms with Gasteiger partial charge in [-0.15, -0.1) is 24.5 Å². The van der Waals surface area contributed by atoms with Crippen LogP contribution >= 0.6 is 22.9 Å². The molecular weight excluding hydrogens is 644 g/mol. The van der Waals surface area contributed by atoms with E-state index in [4.69, 9.17) is 16.3 Å². The van der Waals surface area contributed by atoms with Crippen LogP contribution in [-0.4, -0.2) is 40.1 Å². The van der Waals surface area contributed by atoms with E-state index in [1.54, 1.807) is 45.9 Å². The number of nitrogens with zero attached hydrogens (tertiary/aromatic N) is 1. The van der Waals surface area contributed by atoms with Gasteiger partial charge in [0, 0.05) is 33.9 Å². The van der Waals surface area contributed by atoms with Crippen molar-refractivity contribution < 1.29 is 40.2 Å². The summed E-state index contributed by atoms with van der Waals surface area (Å²) in [5.41, 5.74) is 0.246. The summed E-state index contributed by atoms with van der Waals surface area (Å²) in [6.45, 7) is 7.05. The first-order valence-electron chi connectivity index (χ1n) is 13.1. The van der Waals surface area contributed by atoms with E-state index in [2.05, 4.69) is 10.1 Å². The molecule has 0 spiro atoms. The summed E-state index contributed by atoms with van der Waals surface area (Å²) in [5, 5.41) is 3.50. The van der Waals surface area contributed by atoms with Gasteiger partial charge in [-0.2, -0.15) is 0 Å². The molecular formula is C30H29ClF4N2O5S2. The Balaban J connectivity index is 1.67. The molecule has 0 bridgehead atoms. The summed E-state index contributed by atoms with van der Waals surface area (Å²) in [5.74, 6) is -1.54. The maximum absolute atomic E-state index is 14.7. The Morgan fingerprint density at radius 3 is 2.23 bits per heavy atom. The van der Waals surface area contributed by atoms with E-state index >= 15 is 0 Å². The molecule has 0 saturated carbocycles. The van der Waals surface area contributed by atoms with E-state index in [0.29, 0.717) is 26.9 Å². The van der Waals surface area contributed by atoms with Crippen LogP contribution in [0, 0.1) is 5.82 Å². The number of fused-ring (bicyclic) bond motifs is 1. The molecule has 0 aliphatic heterocycles. The van der Waals surface area contributed by atoms with E-state index in [0.717, 1.165) is 28.0 Å². The molecule has 0 fully saturated rings. The van der Waals surface area contributed by atoms with Gasteiger partial charge in [0.25, 0.3) is 5.91 Å². The number of benzene rings is 3. The smallest absolute Gasteiger partial charge is 0.491 e. The lowest BCUT2D eigenvalue weighted by Crippen LogP contribution is -2.25. The van der Waals surface area contributed by atoms with Crippen molar-refractivity contribution in [3.63, 3.8) is 0 Å². The number of carbonyl (C=O) groups excluding carboxylic acids is 1. The first kappa shape index (κ1) is 33.3. The molecule has 0 aliphatic carbocycles. The number of anilines is 2. The monoisotopic (exact) mass is 672 g/mol. The predicted octanol–water partition coefficient (Wildman–Crippen LogP) is 8.35. The molecule has 3 aromatic carbocycles. The van der Waals surface area contributed by atoms with E-state index < -0.39 is 39.3 Å². The Kier molecular flexibility index (Phi) is 9.16. The Hall–Kier alpha value is -3.55. The minimum atomic E-state index is -4.91. The zero-order chi connectivity index (χ0) is 32.8. The molecule has 44 heavy (non-hydrogen) atoms. The third kappa shape index (κ3) is 7.74. The fraction of sp³-hybridized carbons (Fsp3) is 0.300. The largest absolute Gasteiger partial charge is 0.573 e. The van der Waals surface area contributed by atoms with Crippen LogP contribution in [0.5, 0.6) is 11.5 Å². The Morgan fingerprint density at radius 2 is 1.61 bits per heavy atom. The highest BCUT2D eigenvalue weighted by Crippen LogP contribution is 2.40. The average molecular weight is 673 g/mol. The number of carbonyl (C=O) groups is 1. The van der Waals surface area contributed by atoms with Gasteiger partial charge in [-0.05, 0) is 78.9 Å². The van der Waals surface area contributed by atoms with Gasteiger partial charge in [0.2, 0.25) is 10.0 Å². The highest BCUT2D eigenvalue weighted by atomic mass is 35.5. The lowest BCUT2D eigenvalue weighted by Gasteiger charge is -2.28. The molecule has 236 valence electrons. The minimum Gasteiger partial charge on any atom is -0.491 e. The van der Waals surface area contributed by atoms with Crippen LogP contribution in [0.2, 0.25) is 5.02 Å². The molecule has 4 aromatic rings. The molecule has 0 radical (unpaired) electrons. The van der Waals surface area contributed by atoms with Crippen LogP contribution in [0.15, 0.2) is 54.6 Å². The highest BCUT2D eigenvalue weighted by molar-refractivity contribution is 7.92. The summed E-state index contributed by atoms with van der Waals surface area (Å²) in [7, 11) is -2.48. The molecule has 4 rings (SSSR count). The lowest BCUT2D eigenvalue weighted by atomic mass is 9.78. The van der Waals surface area contributed by atoms with Crippen LogP contribution in [0.25, 0.3) is 10.1 Å². The van der Waals surface area contributed by atoms with Gasteiger partial charge < -0.3 is 14.8 Å². The summed E-state index contributed by atoms with van der Waals surface area (Å²) in [4.78, 5) is 13.5. The van der Waals surface area contributed by atoms with Gasteiger partial charge >= 0.3 is 6.36 Å². The quantitative estimate of drug-likeness (QED) is 0.181. The fourth-order valence-electron chi connectivity index (χ4n) is 4.43. The number of nitrogens with one attached hydrogen (secondary N) is 1. The summed E-state index contributed by atoms with van der Waals surface area (Å²) in [6, 6.07) is 12.9. The van der Waals surface area contributed by atoms with Crippen LogP contribution in [0.3, 0.4) is 0 Å². The summed E-state index contributed by atoms with van der Waals surface area (Å²) < 4.78 is 88.9. The van der Waals surface area contributed by atoms with Crippen molar-refractivity contribution in [2.24, 2.45) is 0 Å². The number of hydrogen-bond acceptors (Lipinski definition) is 6. The van der Waals surface area contributed by atoms with E-state index in [-0.39, 0.29) is 27.4 Å². The third-order valence-corrected chi connectivity index (χ3v) is 9.24. The molecule has 0 saturated heterocycles. The Morgan fingerprint density at radius 1 is 0.977 bits per heavy atom. The maximum Gasteiger partial charge on any atom is 0.573 e. The van der Waals surface area contributed by atoms with Crippen LogP contribution < -0.4 is 19.1 Å². The predicted molar refractivity (Wildman–Crippen MR) is 165 cm³/mol. The van der Waals surface area contributed by atoms with E-state index in [1.165, 1.54) is 37.4 Å². The molecule has 0 unspecified atom stereocenters.